The predicted octanol–water partition coefficient (Wildman–Crippen LogP) is 2.13. The van der Waals surface area contributed by atoms with Crippen molar-refractivity contribution >= 4 is 35.0 Å². The molecule has 0 bridgehead atoms. The third kappa shape index (κ3) is 3.16. The maximum Gasteiger partial charge on any atom is 0.358 e. The first-order valence-electron chi connectivity index (χ1n) is 7.34. The number of aromatic nitrogens is 2. The Kier molecular flexibility index (Phi) is 4.61. The van der Waals surface area contributed by atoms with Crippen LogP contribution in [0.3, 0.4) is 0 Å². The number of anilines is 2. The van der Waals surface area contributed by atoms with Crippen LogP contribution in [0.4, 0.5) is 11.5 Å². The second-order valence-electron chi connectivity index (χ2n) is 5.22. The molecule has 1 saturated heterocycles. The highest BCUT2D eigenvalue weighted by Gasteiger charge is 2.33. The summed E-state index contributed by atoms with van der Waals surface area (Å²) in [7, 11) is 1.27. The molecule has 1 aliphatic heterocycles. The molecule has 1 N–H and O–H groups in total. The number of benzene rings is 1. The van der Waals surface area contributed by atoms with Crippen molar-refractivity contribution in [2.24, 2.45) is 0 Å². The Labute approximate surface area is 143 Å². The minimum atomic E-state index is -0.559. The van der Waals surface area contributed by atoms with Gasteiger partial charge in [0, 0.05) is 6.54 Å². The van der Waals surface area contributed by atoms with Gasteiger partial charge in [-0.2, -0.15) is 0 Å². The number of hydrogen-bond acceptors (Lipinski definition) is 6. The van der Waals surface area contributed by atoms with E-state index in [1.54, 1.807) is 17.0 Å². The zero-order valence-electron chi connectivity index (χ0n) is 12.9. The monoisotopic (exact) mass is 346 g/mol. The summed E-state index contributed by atoms with van der Waals surface area (Å²) in [6, 6.07) is 9.89. The number of rotatable bonds is 4. The van der Waals surface area contributed by atoms with Gasteiger partial charge in [0.05, 0.1) is 17.8 Å². The summed E-state index contributed by atoms with van der Waals surface area (Å²) < 4.78 is 4.57. The number of hydrogen-bond donors (Lipinski definition) is 1. The zero-order valence-corrected chi connectivity index (χ0v) is 13.7. The fourth-order valence-electron chi connectivity index (χ4n) is 2.52. The second-order valence-corrected chi connectivity index (χ2v) is 5.63. The van der Waals surface area contributed by atoms with Crippen LogP contribution in [0.15, 0.2) is 36.4 Å². The molecule has 0 aliphatic carbocycles. The summed E-state index contributed by atoms with van der Waals surface area (Å²) in [4.78, 5) is 25.6. The number of ether oxygens (including phenoxy) is 1. The number of esters is 1. The Balaban J connectivity index is 1.70. The Hall–Kier alpha value is -2.67. The number of para-hydroxylation sites is 1. The molecule has 7 nitrogen and oxygen atoms in total. The van der Waals surface area contributed by atoms with Crippen molar-refractivity contribution < 1.29 is 14.3 Å². The highest BCUT2D eigenvalue weighted by Crippen LogP contribution is 2.29. The van der Waals surface area contributed by atoms with E-state index in [0.717, 1.165) is 0 Å². The van der Waals surface area contributed by atoms with Crippen LogP contribution in [0.1, 0.15) is 16.9 Å². The van der Waals surface area contributed by atoms with Crippen molar-refractivity contribution in [1.82, 2.24) is 10.2 Å². The van der Waals surface area contributed by atoms with Crippen LogP contribution < -0.4 is 10.2 Å². The topological polar surface area (TPSA) is 84.4 Å². The summed E-state index contributed by atoms with van der Waals surface area (Å²) in [5.74, 6) is -0.222. The van der Waals surface area contributed by atoms with E-state index in [-0.39, 0.29) is 11.6 Å². The first-order valence-corrected chi connectivity index (χ1v) is 7.72. The lowest BCUT2D eigenvalue weighted by molar-refractivity contribution is -0.117. The number of methoxy groups -OCH3 is 1. The largest absolute Gasteiger partial charge is 0.464 e. The molecule has 1 aliphatic rings. The maximum absolute atomic E-state index is 12.6. The van der Waals surface area contributed by atoms with E-state index in [2.05, 4.69) is 20.3 Å². The van der Waals surface area contributed by atoms with Gasteiger partial charge >= 0.3 is 5.97 Å². The number of carbonyl (C=O) groups excluding carboxylic acids is 2. The van der Waals surface area contributed by atoms with Crippen molar-refractivity contribution in [2.45, 2.75) is 12.5 Å². The molecule has 1 amide bonds. The highest BCUT2D eigenvalue weighted by atomic mass is 35.5. The molecule has 1 aromatic heterocycles. The third-order valence-electron chi connectivity index (χ3n) is 3.73. The Morgan fingerprint density at radius 1 is 1.29 bits per heavy atom. The normalized spacial score (nSPS) is 17.0. The molecule has 124 valence electrons. The third-order valence-corrected chi connectivity index (χ3v) is 4.05. The lowest BCUT2D eigenvalue weighted by Gasteiger charge is -2.18. The zero-order chi connectivity index (χ0) is 17.1. The van der Waals surface area contributed by atoms with Crippen LogP contribution in [0.25, 0.3) is 0 Å². The molecular weight excluding hydrogens is 332 g/mol. The van der Waals surface area contributed by atoms with Crippen LogP contribution in [0.2, 0.25) is 5.02 Å². The van der Waals surface area contributed by atoms with Gasteiger partial charge in [-0.3, -0.25) is 4.79 Å². The summed E-state index contributed by atoms with van der Waals surface area (Å²) in [5.41, 5.74) is 0.805. The summed E-state index contributed by atoms with van der Waals surface area (Å²) in [6.45, 7) is 0.563. The van der Waals surface area contributed by atoms with Gasteiger partial charge in [-0.15, -0.1) is 10.2 Å². The Morgan fingerprint density at radius 2 is 2.08 bits per heavy atom. The van der Waals surface area contributed by atoms with Crippen LogP contribution in [-0.2, 0) is 9.53 Å². The van der Waals surface area contributed by atoms with Gasteiger partial charge in [0.25, 0.3) is 0 Å². The SMILES string of the molecule is COC(=O)c1ccc(NC2CCN(c3ccccc3Cl)C2=O)nn1. The fraction of sp³-hybridized carbons (Fsp3) is 0.250. The van der Waals surface area contributed by atoms with Crippen molar-refractivity contribution in [2.75, 3.05) is 23.9 Å². The first-order chi connectivity index (χ1) is 11.6. The lowest BCUT2D eigenvalue weighted by atomic mass is 10.2. The fourth-order valence-corrected chi connectivity index (χ4v) is 2.76. The van der Waals surface area contributed by atoms with Gasteiger partial charge in [-0.1, -0.05) is 23.7 Å². The standard InChI is InChI=1S/C16H15ClN4O3/c1-24-16(23)12-6-7-14(20-19-12)18-11-8-9-21(15(11)22)13-5-3-2-4-10(13)17/h2-7,11H,8-9H2,1H3,(H,18,20). The maximum atomic E-state index is 12.6. The number of halogens is 1. The van der Waals surface area contributed by atoms with E-state index in [9.17, 15) is 9.59 Å². The van der Waals surface area contributed by atoms with Gasteiger partial charge in [-0.05, 0) is 30.7 Å². The number of nitrogens with zero attached hydrogens (tertiary/aromatic N) is 3. The highest BCUT2D eigenvalue weighted by molar-refractivity contribution is 6.34. The van der Waals surface area contributed by atoms with Crippen molar-refractivity contribution in [3.05, 3.63) is 47.1 Å². The van der Waals surface area contributed by atoms with Gasteiger partial charge in [0.1, 0.15) is 11.9 Å². The quantitative estimate of drug-likeness (QED) is 0.854. The summed E-state index contributed by atoms with van der Waals surface area (Å²) >= 11 is 6.16. The lowest BCUT2D eigenvalue weighted by Crippen LogP contribution is -2.33. The van der Waals surface area contributed by atoms with E-state index in [0.29, 0.717) is 29.5 Å². The van der Waals surface area contributed by atoms with Gasteiger partial charge in [0.2, 0.25) is 5.91 Å². The van der Waals surface area contributed by atoms with E-state index in [4.69, 9.17) is 11.6 Å². The van der Waals surface area contributed by atoms with Crippen LogP contribution in [-0.4, -0.2) is 41.8 Å². The Morgan fingerprint density at radius 3 is 2.75 bits per heavy atom. The van der Waals surface area contributed by atoms with Crippen LogP contribution in [0, 0.1) is 0 Å². The molecule has 0 spiro atoms. The average Bonchev–Trinajstić information content (AvgIpc) is 2.96. The van der Waals surface area contributed by atoms with E-state index in [1.165, 1.54) is 13.2 Å². The predicted molar refractivity (Wildman–Crippen MR) is 89.2 cm³/mol. The summed E-state index contributed by atoms with van der Waals surface area (Å²) in [5, 5.41) is 11.2. The van der Waals surface area contributed by atoms with Crippen LogP contribution >= 0.6 is 11.6 Å². The molecule has 24 heavy (non-hydrogen) atoms. The van der Waals surface area contributed by atoms with Gasteiger partial charge in [-0.25, -0.2) is 4.79 Å². The van der Waals surface area contributed by atoms with E-state index >= 15 is 0 Å². The minimum Gasteiger partial charge on any atom is -0.464 e. The molecule has 0 saturated carbocycles. The van der Waals surface area contributed by atoms with Crippen LogP contribution in [0.5, 0.6) is 0 Å². The van der Waals surface area contributed by atoms with E-state index in [1.807, 2.05) is 18.2 Å². The molecule has 1 aromatic carbocycles. The average molecular weight is 347 g/mol. The number of carbonyl (C=O) groups is 2. The first kappa shape index (κ1) is 16.2. The van der Waals surface area contributed by atoms with E-state index < -0.39 is 12.0 Å². The van der Waals surface area contributed by atoms with Crippen molar-refractivity contribution in [3.63, 3.8) is 0 Å². The molecule has 1 unspecified atom stereocenters. The molecule has 1 fully saturated rings. The molecule has 8 heteroatoms. The number of amides is 1. The molecule has 3 rings (SSSR count). The molecule has 0 radical (unpaired) electrons. The smallest absolute Gasteiger partial charge is 0.358 e. The summed E-state index contributed by atoms with van der Waals surface area (Å²) in [6.07, 6.45) is 0.616. The van der Waals surface area contributed by atoms with Crippen molar-refractivity contribution in [1.29, 1.82) is 0 Å². The Bertz CT molecular complexity index is 766. The molecular formula is C16H15ClN4O3. The minimum absolute atomic E-state index is 0.0815. The van der Waals surface area contributed by atoms with Gasteiger partial charge in [0.15, 0.2) is 5.69 Å². The second kappa shape index (κ2) is 6.84. The molecule has 2 heterocycles. The molecule has 1 atom stereocenters. The van der Waals surface area contributed by atoms with Gasteiger partial charge < -0.3 is 15.0 Å². The molecule has 2 aromatic rings. The van der Waals surface area contributed by atoms with Crippen molar-refractivity contribution in [3.8, 4) is 0 Å². The number of nitrogens with one attached hydrogen (secondary N) is 1.